The van der Waals surface area contributed by atoms with Gasteiger partial charge in [0.2, 0.25) is 0 Å². The molecule has 2 fully saturated rings. The van der Waals surface area contributed by atoms with Crippen LogP contribution >= 0.6 is 0 Å². The zero-order valence-electron chi connectivity index (χ0n) is 15.2. The summed E-state index contributed by atoms with van der Waals surface area (Å²) in [6, 6.07) is 8.43. The number of hydroxylamine groups is 1. The van der Waals surface area contributed by atoms with Crippen molar-refractivity contribution in [2.75, 3.05) is 17.0 Å². The first-order valence-corrected chi connectivity index (χ1v) is 9.76. The Morgan fingerprint density at radius 2 is 1.84 bits per heavy atom. The normalized spacial score (nSPS) is 18.9. The monoisotopic (exact) mass is 346 g/mol. The summed E-state index contributed by atoms with van der Waals surface area (Å²) in [6.45, 7) is 2.15. The topological polar surface area (TPSA) is 50.8 Å². The van der Waals surface area contributed by atoms with Crippen LogP contribution in [0.2, 0.25) is 0 Å². The van der Waals surface area contributed by atoms with Gasteiger partial charge in [-0.2, -0.15) is 5.06 Å². The molecule has 1 N–H and O–H groups in total. The predicted molar refractivity (Wildman–Crippen MR) is 99.8 cm³/mol. The highest BCUT2D eigenvalue weighted by molar-refractivity contribution is 5.86. The van der Waals surface area contributed by atoms with Crippen molar-refractivity contribution in [3.8, 4) is 0 Å². The standard InChI is InChI=1S/C20H30N2O3/c1-2-24-20(23)22(25-19-13-6-7-14-19)18-12-8-11-17(15-18)21-16-9-4-3-5-10-16/h8,11-12,15-16,19,21H,2-7,9-10,13-14H2,1H3. The summed E-state index contributed by atoms with van der Waals surface area (Å²) in [5, 5.41) is 4.95. The number of ether oxygens (including phenoxy) is 1. The smallest absolute Gasteiger partial charge is 0.438 e. The molecule has 1 amide bonds. The first kappa shape index (κ1) is 18.1. The molecule has 0 unspecified atom stereocenters. The summed E-state index contributed by atoms with van der Waals surface area (Å²) in [7, 11) is 0. The third-order valence-electron chi connectivity index (χ3n) is 5.05. The molecular weight excluding hydrogens is 316 g/mol. The van der Waals surface area contributed by atoms with Gasteiger partial charge in [-0.25, -0.2) is 4.79 Å². The van der Waals surface area contributed by atoms with Crippen LogP contribution in [0.5, 0.6) is 0 Å². The number of amides is 1. The molecule has 0 aliphatic heterocycles. The Bertz CT molecular complexity index is 552. The van der Waals surface area contributed by atoms with Crippen LogP contribution in [-0.4, -0.2) is 24.8 Å². The molecule has 2 aliphatic rings. The van der Waals surface area contributed by atoms with E-state index in [2.05, 4.69) is 11.4 Å². The second kappa shape index (κ2) is 9.09. The van der Waals surface area contributed by atoms with Gasteiger partial charge in [0.25, 0.3) is 0 Å². The minimum atomic E-state index is -0.441. The van der Waals surface area contributed by atoms with Crippen LogP contribution in [0.4, 0.5) is 16.2 Å². The van der Waals surface area contributed by atoms with Gasteiger partial charge >= 0.3 is 6.09 Å². The summed E-state index contributed by atoms with van der Waals surface area (Å²) >= 11 is 0. The molecule has 1 aromatic rings. The summed E-state index contributed by atoms with van der Waals surface area (Å²) in [5.41, 5.74) is 1.76. The van der Waals surface area contributed by atoms with Crippen molar-refractivity contribution in [3.05, 3.63) is 24.3 Å². The maximum atomic E-state index is 12.4. The first-order chi connectivity index (χ1) is 12.3. The van der Waals surface area contributed by atoms with E-state index in [1.807, 2.05) is 25.1 Å². The van der Waals surface area contributed by atoms with E-state index >= 15 is 0 Å². The van der Waals surface area contributed by atoms with Crippen molar-refractivity contribution < 1.29 is 14.4 Å². The lowest BCUT2D eigenvalue weighted by Crippen LogP contribution is -2.35. The maximum absolute atomic E-state index is 12.4. The van der Waals surface area contributed by atoms with Crippen molar-refractivity contribution in [3.63, 3.8) is 0 Å². The molecule has 2 saturated carbocycles. The Kier molecular flexibility index (Phi) is 6.56. The van der Waals surface area contributed by atoms with Crippen LogP contribution in [0.1, 0.15) is 64.7 Å². The van der Waals surface area contributed by atoms with Gasteiger partial charge in [-0.1, -0.05) is 38.2 Å². The zero-order chi connectivity index (χ0) is 17.5. The Morgan fingerprint density at radius 1 is 1.12 bits per heavy atom. The fourth-order valence-electron chi connectivity index (χ4n) is 3.74. The largest absolute Gasteiger partial charge is 0.448 e. The Labute approximate surface area is 150 Å². The van der Waals surface area contributed by atoms with Crippen LogP contribution in [0.3, 0.4) is 0 Å². The van der Waals surface area contributed by atoms with E-state index < -0.39 is 6.09 Å². The van der Waals surface area contributed by atoms with Crippen molar-refractivity contribution >= 4 is 17.5 Å². The van der Waals surface area contributed by atoms with Gasteiger partial charge in [-0.05, 0) is 50.8 Å². The Balaban J connectivity index is 1.72. The quantitative estimate of drug-likeness (QED) is 0.713. The highest BCUT2D eigenvalue weighted by atomic mass is 16.7. The lowest BCUT2D eigenvalue weighted by Gasteiger charge is -2.26. The fraction of sp³-hybridized carbons (Fsp3) is 0.650. The average molecular weight is 346 g/mol. The molecule has 0 atom stereocenters. The van der Waals surface area contributed by atoms with E-state index in [0.29, 0.717) is 12.6 Å². The second-order valence-electron chi connectivity index (χ2n) is 7.03. The number of benzene rings is 1. The Hall–Kier alpha value is -1.75. The molecule has 5 nitrogen and oxygen atoms in total. The van der Waals surface area contributed by atoms with Crippen molar-refractivity contribution in [2.45, 2.75) is 76.9 Å². The average Bonchev–Trinajstić information content (AvgIpc) is 3.14. The highest BCUT2D eigenvalue weighted by Gasteiger charge is 2.25. The number of hydrogen-bond acceptors (Lipinski definition) is 4. The molecule has 3 rings (SSSR count). The number of carbonyl (C=O) groups excluding carboxylic acids is 1. The van der Waals surface area contributed by atoms with Crippen LogP contribution in [0, 0.1) is 0 Å². The summed E-state index contributed by atoms with van der Waals surface area (Å²) in [5.74, 6) is 0. The van der Waals surface area contributed by atoms with Gasteiger partial charge in [0.1, 0.15) is 0 Å². The summed E-state index contributed by atoms with van der Waals surface area (Å²) in [6.07, 6.45) is 10.3. The molecule has 0 bridgehead atoms. The number of hydrogen-bond donors (Lipinski definition) is 1. The van der Waals surface area contributed by atoms with Gasteiger partial charge in [-0.15, -0.1) is 0 Å². The zero-order valence-corrected chi connectivity index (χ0v) is 15.2. The molecule has 5 heteroatoms. The number of carbonyl (C=O) groups is 1. The van der Waals surface area contributed by atoms with E-state index in [0.717, 1.165) is 37.1 Å². The first-order valence-electron chi connectivity index (χ1n) is 9.76. The van der Waals surface area contributed by atoms with Gasteiger partial charge < -0.3 is 10.1 Å². The maximum Gasteiger partial charge on any atom is 0.438 e. The van der Waals surface area contributed by atoms with E-state index in [4.69, 9.17) is 9.57 Å². The van der Waals surface area contributed by atoms with Crippen molar-refractivity contribution in [1.82, 2.24) is 0 Å². The number of nitrogens with zero attached hydrogens (tertiary/aromatic N) is 1. The van der Waals surface area contributed by atoms with E-state index in [-0.39, 0.29) is 6.10 Å². The van der Waals surface area contributed by atoms with Crippen LogP contribution < -0.4 is 10.4 Å². The third-order valence-corrected chi connectivity index (χ3v) is 5.05. The van der Waals surface area contributed by atoms with Crippen molar-refractivity contribution in [2.24, 2.45) is 0 Å². The van der Waals surface area contributed by atoms with E-state index in [1.54, 1.807) is 0 Å². The van der Waals surface area contributed by atoms with Crippen molar-refractivity contribution in [1.29, 1.82) is 0 Å². The Morgan fingerprint density at radius 3 is 2.56 bits per heavy atom. The lowest BCUT2D eigenvalue weighted by atomic mass is 9.95. The fourth-order valence-corrected chi connectivity index (χ4v) is 3.74. The molecule has 0 heterocycles. The molecule has 1 aromatic carbocycles. The van der Waals surface area contributed by atoms with Crippen LogP contribution in [0.25, 0.3) is 0 Å². The van der Waals surface area contributed by atoms with Gasteiger partial charge in [0.05, 0.1) is 18.4 Å². The summed E-state index contributed by atoms with van der Waals surface area (Å²) in [4.78, 5) is 18.4. The minimum Gasteiger partial charge on any atom is -0.448 e. The second-order valence-corrected chi connectivity index (χ2v) is 7.03. The molecular formula is C20H30N2O3. The molecule has 0 radical (unpaired) electrons. The van der Waals surface area contributed by atoms with E-state index in [9.17, 15) is 4.79 Å². The lowest BCUT2D eigenvalue weighted by molar-refractivity contribution is 0.0292. The minimum absolute atomic E-state index is 0.0966. The SMILES string of the molecule is CCOC(=O)N(OC1CCCC1)c1cccc(NC2CCCCC2)c1. The highest BCUT2D eigenvalue weighted by Crippen LogP contribution is 2.28. The van der Waals surface area contributed by atoms with E-state index in [1.165, 1.54) is 37.2 Å². The predicted octanol–water partition coefficient (Wildman–Crippen LogP) is 5.27. The van der Waals surface area contributed by atoms with Crippen LogP contribution in [0.15, 0.2) is 24.3 Å². The molecule has 138 valence electrons. The molecule has 2 aliphatic carbocycles. The van der Waals surface area contributed by atoms with Gasteiger partial charge in [0.15, 0.2) is 0 Å². The van der Waals surface area contributed by atoms with Gasteiger partial charge in [0, 0.05) is 11.7 Å². The number of anilines is 2. The van der Waals surface area contributed by atoms with Gasteiger partial charge in [-0.3, -0.25) is 4.84 Å². The molecule has 0 saturated heterocycles. The number of rotatable bonds is 6. The molecule has 25 heavy (non-hydrogen) atoms. The summed E-state index contributed by atoms with van der Waals surface area (Å²) < 4.78 is 5.20. The third kappa shape index (κ3) is 5.11. The molecule has 0 aromatic heterocycles. The molecule has 0 spiro atoms. The number of nitrogens with one attached hydrogen (secondary N) is 1. The van der Waals surface area contributed by atoms with Crippen LogP contribution in [-0.2, 0) is 9.57 Å².